The Bertz CT molecular complexity index is 1080. The standard InChI is InChI=1S/C14H14N6.C7H7Cl/c15-14-16-10-4-2-1-3-9(10)13(18-14)17-12-7-11(19-20-12)8-5-6-8;1-6-4-2-3-5-7(6)8/h1-4,7-8H,5-6H2,(H4,15,16,17,18,19,20);2-5H,1H3. The number of aromatic nitrogens is 4. The van der Waals surface area contributed by atoms with Gasteiger partial charge in [0, 0.05) is 22.4 Å². The quantitative estimate of drug-likeness (QED) is 0.445. The smallest absolute Gasteiger partial charge is 0.222 e. The zero-order valence-corrected chi connectivity index (χ0v) is 16.2. The monoisotopic (exact) mass is 392 g/mol. The number of aryl methyl sites for hydroxylation is 1. The van der Waals surface area contributed by atoms with Gasteiger partial charge >= 0.3 is 0 Å². The third-order valence-electron chi connectivity index (χ3n) is 4.54. The lowest BCUT2D eigenvalue weighted by atomic mass is 10.2. The van der Waals surface area contributed by atoms with Gasteiger partial charge in [0.25, 0.3) is 0 Å². The summed E-state index contributed by atoms with van der Waals surface area (Å²) >= 11 is 5.71. The van der Waals surface area contributed by atoms with Crippen LogP contribution in [0.25, 0.3) is 10.9 Å². The van der Waals surface area contributed by atoms with E-state index >= 15 is 0 Å². The topological polar surface area (TPSA) is 92.5 Å². The molecule has 0 unspecified atom stereocenters. The molecule has 2 aromatic carbocycles. The molecule has 2 aromatic heterocycles. The zero-order valence-electron chi connectivity index (χ0n) is 15.5. The number of anilines is 3. The van der Waals surface area contributed by atoms with E-state index in [1.807, 2.05) is 61.5 Å². The minimum absolute atomic E-state index is 0.258. The lowest BCUT2D eigenvalue weighted by Crippen LogP contribution is -2.01. The van der Waals surface area contributed by atoms with E-state index < -0.39 is 0 Å². The van der Waals surface area contributed by atoms with Crippen LogP contribution in [0.2, 0.25) is 5.02 Å². The molecule has 142 valence electrons. The van der Waals surface area contributed by atoms with Gasteiger partial charge in [0.1, 0.15) is 11.6 Å². The number of H-pyrrole nitrogens is 1. The van der Waals surface area contributed by atoms with E-state index in [9.17, 15) is 0 Å². The summed E-state index contributed by atoms with van der Waals surface area (Å²) in [6.45, 7) is 1.99. The number of nitrogens with two attached hydrogens (primary N) is 1. The molecule has 4 N–H and O–H groups in total. The van der Waals surface area contributed by atoms with Gasteiger partial charge in [-0.2, -0.15) is 10.1 Å². The number of hydrogen-bond acceptors (Lipinski definition) is 5. The minimum atomic E-state index is 0.258. The van der Waals surface area contributed by atoms with Crippen LogP contribution >= 0.6 is 11.6 Å². The van der Waals surface area contributed by atoms with Crippen molar-refractivity contribution in [2.45, 2.75) is 25.7 Å². The van der Waals surface area contributed by atoms with Crippen LogP contribution in [0.3, 0.4) is 0 Å². The first-order chi connectivity index (χ1) is 13.6. The van der Waals surface area contributed by atoms with Gasteiger partial charge in [0.15, 0.2) is 0 Å². The van der Waals surface area contributed by atoms with E-state index in [0.29, 0.717) is 11.7 Å². The molecule has 4 aromatic rings. The second-order valence-electron chi connectivity index (χ2n) is 6.80. The van der Waals surface area contributed by atoms with Crippen LogP contribution in [0.1, 0.15) is 30.0 Å². The van der Waals surface area contributed by atoms with Crippen LogP contribution in [0.4, 0.5) is 17.6 Å². The number of nitrogen functional groups attached to an aromatic ring is 1. The average molecular weight is 393 g/mol. The predicted molar refractivity (Wildman–Crippen MR) is 114 cm³/mol. The van der Waals surface area contributed by atoms with Crippen molar-refractivity contribution < 1.29 is 0 Å². The summed E-state index contributed by atoms with van der Waals surface area (Å²) in [6, 6.07) is 17.6. The molecule has 1 aliphatic carbocycles. The molecule has 0 spiro atoms. The Morgan fingerprint density at radius 2 is 1.82 bits per heavy atom. The number of aromatic amines is 1. The molecule has 7 heteroatoms. The van der Waals surface area contributed by atoms with Crippen molar-refractivity contribution in [2.24, 2.45) is 0 Å². The normalized spacial score (nSPS) is 13.1. The van der Waals surface area contributed by atoms with Crippen LogP contribution in [0, 0.1) is 6.92 Å². The zero-order chi connectivity index (χ0) is 19.5. The maximum absolute atomic E-state index is 5.75. The van der Waals surface area contributed by atoms with Gasteiger partial charge in [-0.3, -0.25) is 5.10 Å². The fraction of sp³-hybridized carbons (Fsp3) is 0.190. The molecule has 28 heavy (non-hydrogen) atoms. The molecule has 2 heterocycles. The molecule has 0 saturated heterocycles. The van der Waals surface area contributed by atoms with Crippen LogP contribution < -0.4 is 11.1 Å². The van der Waals surface area contributed by atoms with E-state index in [2.05, 4.69) is 25.5 Å². The first-order valence-corrected chi connectivity index (χ1v) is 9.53. The van der Waals surface area contributed by atoms with E-state index in [4.69, 9.17) is 17.3 Å². The molecule has 6 nitrogen and oxygen atoms in total. The number of nitrogens with one attached hydrogen (secondary N) is 2. The molecule has 0 aliphatic heterocycles. The van der Waals surface area contributed by atoms with Gasteiger partial charge in [-0.25, -0.2) is 4.98 Å². The van der Waals surface area contributed by atoms with Crippen molar-refractivity contribution in [3.8, 4) is 0 Å². The fourth-order valence-electron chi connectivity index (χ4n) is 2.86. The molecule has 1 saturated carbocycles. The Labute approximate surface area is 168 Å². The van der Waals surface area contributed by atoms with Crippen molar-refractivity contribution >= 4 is 40.1 Å². The van der Waals surface area contributed by atoms with Crippen molar-refractivity contribution in [3.63, 3.8) is 0 Å². The summed E-state index contributed by atoms with van der Waals surface area (Å²) in [4.78, 5) is 8.50. The van der Waals surface area contributed by atoms with Gasteiger partial charge in [-0.05, 0) is 43.5 Å². The Kier molecular flexibility index (Phi) is 5.12. The van der Waals surface area contributed by atoms with Gasteiger partial charge < -0.3 is 11.1 Å². The maximum Gasteiger partial charge on any atom is 0.222 e. The van der Waals surface area contributed by atoms with E-state index in [-0.39, 0.29) is 5.95 Å². The molecule has 5 rings (SSSR count). The number of nitrogens with zero attached hydrogens (tertiary/aromatic N) is 3. The summed E-state index contributed by atoms with van der Waals surface area (Å²) in [5, 5.41) is 12.3. The third-order valence-corrected chi connectivity index (χ3v) is 4.97. The Balaban J connectivity index is 0.000000203. The van der Waals surface area contributed by atoms with Gasteiger partial charge in [0.2, 0.25) is 5.95 Å². The van der Waals surface area contributed by atoms with Gasteiger partial charge in [0.05, 0.1) is 11.2 Å². The number of hydrogen-bond donors (Lipinski definition) is 3. The molecule has 0 amide bonds. The van der Waals surface area contributed by atoms with Crippen LogP contribution in [-0.4, -0.2) is 20.2 Å². The summed E-state index contributed by atoms with van der Waals surface area (Å²) in [5.41, 5.74) is 8.82. The van der Waals surface area contributed by atoms with Crippen molar-refractivity contribution in [3.05, 3.63) is 70.9 Å². The van der Waals surface area contributed by atoms with Crippen molar-refractivity contribution in [1.82, 2.24) is 20.2 Å². The number of halogens is 1. The molecule has 0 bridgehead atoms. The SMILES string of the molecule is Cc1ccccc1Cl.Nc1nc(Nc2cc(C3CC3)n[nH]2)c2ccccc2n1. The lowest BCUT2D eigenvalue weighted by Gasteiger charge is -2.07. The minimum Gasteiger partial charge on any atom is -0.368 e. The molecule has 1 fully saturated rings. The highest BCUT2D eigenvalue weighted by Gasteiger charge is 2.26. The third kappa shape index (κ3) is 4.23. The highest BCUT2D eigenvalue weighted by Crippen LogP contribution is 2.39. The Morgan fingerprint density at radius 3 is 2.54 bits per heavy atom. The van der Waals surface area contributed by atoms with Crippen LogP contribution in [-0.2, 0) is 0 Å². The highest BCUT2D eigenvalue weighted by molar-refractivity contribution is 6.31. The van der Waals surface area contributed by atoms with E-state index in [1.54, 1.807) is 0 Å². The summed E-state index contributed by atoms with van der Waals surface area (Å²) in [6.07, 6.45) is 2.46. The van der Waals surface area contributed by atoms with Crippen LogP contribution in [0.15, 0.2) is 54.6 Å². The fourth-order valence-corrected chi connectivity index (χ4v) is 2.99. The summed E-state index contributed by atoms with van der Waals surface area (Å²) in [7, 11) is 0. The van der Waals surface area contributed by atoms with Gasteiger partial charge in [-0.15, -0.1) is 0 Å². The number of rotatable bonds is 3. The summed E-state index contributed by atoms with van der Waals surface area (Å²) in [5.74, 6) is 2.40. The lowest BCUT2D eigenvalue weighted by molar-refractivity contribution is 0.966. The number of fused-ring (bicyclic) bond motifs is 1. The first kappa shape index (κ1) is 18.3. The molecule has 0 atom stereocenters. The Morgan fingerprint density at radius 1 is 1.07 bits per heavy atom. The second-order valence-corrected chi connectivity index (χ2v) is 7.21. The first-order valence-electron chi connectivity index (χ1n) is 9.16. The Hall–Kier alpha value is -3.12. The van der Waals surface area contributed by atoms with E-state index in [0.717, 1.165) is 33.0 Å². The molecule has 1 aliphatic rings. The molecular weight excluding hydrogens is 372 g/mol. The molecule has 0 radical (unpaired) electrons. The molecular formula is C21H21ClN6. The predicted octanol–water partition coefficient (Wildman–Crippen LogP) is 5.20. The van der Waals surface area contributed by atoms with Gasteiger partial charge in [-0.1, -0.05) is 41.9 Å². The highest BCUT2D eigenvalue weighted by atomic mass is 35.5. The number of benzene rings is 2. The number of para-hydroxylation sites is 1. The average Bonchev–Trinajstić information content (AvgIpc) is 3.44. The van der Waals surface area contributed by atoms with Crippen molar-refractivity contribution in [1.29, 1.82) is 0 Å². The van der Waals surface area contributed by atoms with Crippen molar-refractivity contribution in [2.75, 3.05) is 11.1 Å². The largest absolute Gasteiger partial charge is 0.368 e. The van der Waals surface area contributed by atoms with Crippen LogP contribution in [0.5, 0.6) is 0 Å². The summed E-state index contributed by atoms with van der Waals surface area (Å²) < 4.78 is 0. The van der Waals surface area contributed by atoms with E-state index in [1.165, 1.54) is 12.8 Å². The maximum atomic E-state index is 5.75. The second kappa shape index (κ2) is 7.86.